The molecule has 1 atom stereocenters. The number of carbonyl (C=O) groups is 6. The number of benzene rings is 1. The monoisotopic (exact) mass is 713 g/mol. The standard InChI is InChI=1S/C30H47N7O13/c38-15-22(16-39)33-29(49)19-7-20(30(50)34-23(17-40)18-41)9-21(8-19)32-25(42)10-24-11-36(13-27(45)46)6-5-35(12-26(43)44)3-1-31-2-4-37(24)14-28(47)48/h7-9,22-24,31,38-41H,1-6,10-18H2,(H,32,42)(H,33,49)(H,34,50)(H,43,44)(H,45,46)(H,47,48). The summed E-state index contributed by atoms with van der Waals surface area (Å²) in [6.45, 7) is -2.32. The Morgan fingerprint density at radius 1 is 0.680 bits per heavy atom. The minimum absolute atomic E-state index is 0.0480. The Morgan fingerprint density at radius 3 is 1.66 bits per heavy atom. The second-order valence-electron chi connectivity index (χ2n) is 11.7. The molecule has 11 N–H and O–H groups in total. The summed E-state index contributed by atoms with van der Waals surface area (Å²) in [6, 6.07) is 0.666. The maximum absolute atomic E-state index is 13.5. The molecule has 0 aromatic heterocycles. The highest BCUT2D eigenvalue weighted by molar-refractivity contribution is 6.03. The van der Waals surface area contributed by atoms with E-state index in [1.165, 1.54) is 21.9 Å². The van der Waals surface area contributed by atoms with Gasteiger partial charge in [-0.3, -0.25) is 43.5 Å². The average molecular weight is 714 g/mol. The first-order chi connectivity index (χ1) is 23.8. The van der Waals surface area contributed by atoms with Crippen LogP contribution in [0.2, 0.25) is 0 Å². The number of rotatable bonds is 17. The van der Waals surface area contributed by atoms with E-state index in [2.05, 4.69) is 21.3 Å². The predicted molar refractivity (Wildman–Crippen MR) is 175 cm³/mol. The van der Waals surface area contributed by atoms with Crippen LogP contribution in [0.1, 0.15) is 27.1 Å². The fourth-order valence-corrected chi connectivity index (χ4v) is 5.15. The number of nitrogens with one attached hydrogen (secondary N) is 4. The molecule has 280 valence electrons. The molecule has 20 heteroatoms. The van der Waals surface area contributed by atoms with Crippen LogP contribution in [0.15, 0.2) is 18.2 Å². The van der Waals surface area contributed by atoms with E-state index in [-0.39, 0.29) is 62.5 Å². The lowest BCUT2D eigenvalue weighted by atomic mass is 10.1. The number of carboxylic acids is 3. The van der Waals surface area contributed by atoms with Crippen LogP contribution in [0.4, 0.5) is 5.69 Å². The summed E-state index contributed by atoms with van der Waals surface area (Å²) in [6.07, 6.45) is -0.367. The van der Waals surface area contributed by atoms with Gasteiger partial charge < -0.3 is 57.0 Å². The van der Waals surface area contributed by atoms with Gasteiger partial charge in [0.1, 0.15) is 0 Å². The summed E-state index contributed by atoms with van der Waals surface area (Å²) >= 11 is 0. The number of nitrogens with zero attached hydrogens (tertiary/aromatic N) is 3. The minimum Gasteiger partial charge on any atom is -0.480 e. The van der Waals surface area contributed by atoms with Crippen LogP contribution < -0.4 is 21.3 Å². The Labute approximate surface area is 287 Å². The number of hydrogen-bond donors (Lipinski definition) is 11. The van der Waals surface area contributed by atoms with E-state index in [1.807, 2.05) is 0 Å². The molecule has 0 spiro atoms. The lowest BCUT2D eigenvalue weighted by Gasteiger charge is -2.35. The molecule has 0 aliphatic carbocycles. The summed E-state index contributed by atoms with van der Waals surface area (Å²) in [5, 5.41) is 76.6. The molecule has 1 unspecified atom stereocenters. The fraction of sp³-hybridized carbons (Fsp3) is 0.600. The zero-order valence-electron chi connectivity index (χ0n) is 27.5. The van der Waals surface area contributed by atoms with Gasteiger partial charge in [-0.05, 0) is 18.2 Å². The van der Waals surface area contributed by atoms with E-state index in [0.29, 0.717) is 13.1 Å². The Hall–Kier alpha value is -4.28. The van der Waals surface area contributed by atoms with Gasteiger partial charge in [-0.2, -0.15) is 0 Å². The lowest BCUT2D eigenvalue weighted by Crippen LogP contribution is -2.52. The molecule has 0 saturated carbocycles. The second kappa shape index (κ2) is 21.7. The zero-order chi connectivity index (χ0) is 37.2. The molecular weight excluding hydrogens is 666 g/mol. The normalized spacial score (nSPS) is 17.0. The van der Waals surface area contributed by atoms with Gasteiger partial charge in [0, 0.05) is 75.1 Å². The van der Waals surface area contributed by atoms with Gasteiger partial charge in [-0.15, -0.1) is 0 Å². The number of hydrogen-bond acceptors (Lipinski definition) is 14. The SMILES string of the molecule is O=C(O)CN1CCNCCN(CC(=O)O)C(CC(=O)Nc2cc(C(=O)NC(CO)CO)cc(C(=O)NC(CO)CO)c2)CN(CC(=O)O)CC1. The molecular formula is C30H47N7O13. The zero-order valence-corrected chi connectivity index (χ0v) is 27.5. The van der Waals surface area contributed by atoms with Gasteiger partial charge in [0.15, 0.2) is 0 Å². The summed E-state index contributed by atoms with van der Waals surface area (Å²) < 4.78 is 0. The van der Waals surface area contributed by atoms with Crippen LogP contribution in [-0.4, -0.2) is 196 Å². The topological polar surface area (TPSA) is 302 Å². The van der Waals surface area contributed by atoms with Crippen molar-refractivity contribution >= 4 is 41.3 Å². The number of aliphatic hydroxyl groups excluding tert-OH is 4. The molecule has 0 bridgehead atoms. The second-order valence-corrected chi connectivity index (χ2v) is 11.7. The van der Waals surface area contributed by atoms with Crippen molar-refractivity contribution in [1.29, 1.82) is 0 Å². The molecule has 1 aliphatic rings. The van der Waals surface area contributed by atoms with Crippen molar-refractivity contribution in [2.75, 3.05) is 97.2 Å². The molecule has 20 nitrogen and oxygen atoms in total. The first-order valence-corrected chi connectivity index (χ1v) is 15.8. The number of carbonyl (C=O) groups excluding carboxylic acids is 3. The highest BCUT2D eigenvalue weighted by Crippen LogP contribution is 2.18. The third-order valence-corrected chi connectivity index (χ3v) is 7.67. The van der Waals surface area contributed by atoms with Crippen LogP contribution >= 0.6 is 0 Å². The van der Waals surface area contributed by atoms with Gasteiger partial charge in [0.05, 0.1) is 58.1 Å². The summed E-state index contributed by atoms with van der Waals surface area (Å²) in [5.74, 6) is -5.76. The number of aliphatic carboxylic acids is 3. The van der Waals surface area contributed by atoms with E-state index in [4.69, 9.17) is 0 Å². The molecule has 0 radical (unpaired) electrons. The van der Waals surface area contributed by atoms with E-state index in [9.17, 15) is 64.5 Å². The first kappa shape index (κ1) is 41.9. The van der Waals surface area contributed by atoms with Gasteiger partial charge in [-0.1, -0.05) is 0 Å². The van der Waals surface area contributed by atoms with Crippen molar-refractivity contribution in [3.63, 3.8) is 0 Å². The Bertz CT molecular complexity index is 1270. The van der Waals surface area contributed by atoms with Crippen LogP contribution in [-0.2, 0) is 19.2 Å². The average Bonchev–Trinajstić information content (AvgIpc) is 3.05. The Morgan fingerprint density at radius 2 is 1.16 bits per heavy atom. The summed E-state index contributed by atoms with van der Waals surface area (Å²) in [5.41, 5.74) is -0.367. The molecule has 1 saturated heterocycles. The molecule has 1 aliphatic heterocycles. The van der Waals surface area contributed by atoms with Crippen molar-refractivity contribution in [3.05, 3.63) is 29.3 Å². The number of carboxylic acid groups (broad SMARTS) is 3. The molecule has 2 rings (SSSR count). The largest absolute Gasteiger partial charge is 0.480 e. The lowest BCUT2D eigenvalue weighted by molar-refractivity contribution is -0.141. The maximum Gasteiger partial charge on any atom is 0.317 e. The van der Waals surface area contributed by atoms with Gasteiger partial charge in [0.25, 0.3) is 11.8 Å². The molecule has 3 amide bonds. The third-order valence-electron chi connectivity index (χ3n) is 7.67. The molecule has 1 fully saturated rings. The van der Waals surface area contributed by atoms with Crippen molar-refractivity contribution in [2.45, 2.75) is 24.5 Å². The molecule has 50 heavy (non-hydrogen) atoms. The van der Waals surface area contributed by atoms with E-state index in [0.717, 1.165) is 6.07 Å². The van der Waals surface area contributed by atoms with Crippen LogP contribution in [0.3, 0.4) is 0 Å². The van der Waals surface area contributed by atoms with Crippen molar-refractivity contribution in [2.24, 2.45) is 0 Å². The maximum atomic E-state index is 13.5. The first-order valence-electron chi connectivity index (χ1n) is 15.8. The van der Waals surface area contributed by atoms with Crippen molar-refractivity contribution < 1.29 is 64.5 Å². The number of anilines is 1. The van der Waals surface area contributed by atoms with Crippen LogP contribution in [0, 0.1) is 0 Å². The summed E-state index contributed by atoms with van der Waals surface area (Å²) in [7, 11) is 0. The van der Waals surface area contributed by atoms with E-state index in [1.54, 1.807) is 4.90 Å². The quantitative estimate of drug-likeness (QED) is 0.0723. The smallest absolute Gasteiger partial charge is 0.317 e. The third kappa shape index (κ3) is 15.1. The van der Waals surface area contributed by atoms with Crippen LogP contribution in [0.25, 0.3) is 0 Å². The number of amides is 3. The Balaban J connectivity index is 2.44. The minimum atomic E-state index is -1.19. The van der Waals surface area contributed by atoms with Crippen LogP contribution in [0.5, 0.6) is 0 Å². The van der Waals surface area contributed by atoms with E-state index >= 15 is 0 Å². The highest BCUT2D eigenvalue weighted by Gasteiger charge is 2.28. The summed E-state index contributed by atoms with van der Waals surface area (Å²) in [4.78, 5) is 79.1. The highest BCUT2D eigenvalue weighted by atomic mass is 16.4. The fourth-order valence-electron chi connectivity index (χ4n) is 5.15. The van der Waals surface area contributed by atoms with E-state index < -0.39 is 93.3 Å². The number of aliphatic hydroxyl groups is 4. The molecule has 1 aromatic carbocycles. The van der Waals surface area contributed by atoms with Gasteiger partial charge in [-0.25, -0.2) is 0 Å². The van der Waals surface area contributed by atoms with Crippen molar-refractivity contribution in [3.8, 4) is 0 Å². The van der Waals surface area contributed by atoms with Crippen molar-refractivity contribution in [1.82, 2.24) is 30.7 Å². The predicted octanol–water partition coefficient (Wildman–Crippen LogP) is -4.69. The van der Waals surface area contributed by atoms with Gasteiger partial charge in [0.2, 0.25) is 5.91 Å². The van der Waals surface area contributed by atoms with Gasteiger partial charge >= 0.3 is 17.9 Å². The molecule has 1 heterocycles. The molecule has 1 aromatic rings. The Kier molecular flexibility index (Phi) is 18.2.